The van der Waals surface area contributed by atoms with Crippen LogP contribution in [-0.2, 0) is 14.3 Å². The van der Waals surface area contributed by atoms with Gasteiger partial charge in [-0.2, -0.15) is 0 Å². The number of nitrogens with one attached hydrogen (secondary N) is 2. The van der Waals surface area contributed by atoms with Gasteiger partial charge < -0.3 is 29.7 Å². The molecule has 3 rings (SSSR count). The molecular formula is C26H38F3N3O5. The number of carbonyl (C=O) groups excluding carboxylic acids is 2. The number of anilines is 1. The van der Waals surface area contributed by atoms with Gasteiger partial charge in [-0.15, -0.1) is 13.2 Å². The van der Waals surface area contributed by atoms with Crippen molar-refractivity contribution in [3.63, 3.8) is 0 Å². The second-order valence-corrected chi connectivity index (χ2v) is 10.0. The maximum absolute atomic E-state index is 13.2. The Morgan fingerprint density at radius 1 is 1.08 bits per heavy atom. The highest BCUT2D eigenvalue weighted by molar-refractivity contribution is 5.83. The van der Waals surface area contributed by atoms with Crippen LogP contribution >= 0.6 is 0 Å². The monoisotopic (exact) mass is 529 g/mol. The molecule has 2 atom stereocenters. The summed E-state index contributed by atoms with van der Waals surface area (Å²) in [4.78, 5) is 27.8. The Kier molecular flexibility index (Phi) is 10.7. The second-order valence-electron chi connectivity index (χ2n) is 10.0. The molecule has 2 aliphatic rings. The number of ether oxygens (including phenoxy) is 3. The van der Waals surface area contributed by atoms with Gasteiger partial charge in [-0.1, -0.05) is 46.0 Å². The van der Waals surface area contributed by atoms with E-state index in [1.807, 2.05) is 13.8 Å². The summed E-state index contributed by atoms with van der Waals surface area (Å²) in [6, 6.07) is 5.03. The lowest BCUT2D eigenvalue weighted by Crippen LogP contribution is -2.50. The van der Waals surface area contributed by atoms with Gasteiger partial charge in [-0.05, 0) is 42.5 Å². The quantitative estimate of drug-likeness (QED) is 0.446. The van der Waals surface area contributed by atoms with E-state index in [0.29, 0.717) is 50.9 Å². The average molecular weight is 530 g/mol. The summed E-state index contributed by atoms with van der Waals surface area (Å²) < 4.78 is 52.1. The Bertz CT molecular complexity index is 854. The predicted molar refractivity (Wildman–Crippen MR) is 132 cm³/mol. The minimum atomic E-state index is -4.75. The van der Waals surface area contributed by atoms with Crippen LogP contribution in [0.25, 0.3) is 0 Å². The molecule has 1 saturated carbocycles. The molecule has 2 unspecified atom stereocenters. The topological polar surface area (TPSA) is 89.1 Å². The van der Waals surface area contributed by atoms with Crippen molar-refractivity contribution in [3.05, 3.63) is 24.3 Å². The molecule has 1 saturated heterocycles. The van der Waals surface area contributed by atoms with Crippen LogP contribution in [0.4, 0.5) is 23.7 Å². The molecule has 0 bridgehead atoms. The lowest BCUT2D eigenvalue weighted by molar-refractivity contribution is -0.274. The van der Waals surface area contributed by atoms with Crippen LogP contribution in [-0.4, -0.2) is 68.3 Å². The van der Waals surface area contributed by atoms with Crippen molar-refractivity contribution in [3.8, 4) is 5.75 Å². The SMILES string of the molecule is CC(C)C(CNc1ccc(OC(F)(F)F)cc1)NC(=O)OC(CC1CCCCC1)C(=O)N1CCOCC1. The number of alkyl halides is 3. The molecule has 2 fully saturated rings. The molecule has 37 heavy (non-hydrogen) atoms. The number of amides is 2. The molecule has 1 heterocycles. The number of benzene rings is 1. The standard InChI is InChI=1S/C26H38F3N3O5/c1-18(2)22(17-30-20-8-10-21(11-9-20)37-26(27,28)29)31-25(34)36-23(16-19-6-4-3-5-7-19)24(33)32-12-14-35-15-13-32/h8-11,18-19,22-23,30H,3-7,12-17H2,1-2H3,(H,31,34). The summed E-state index contributed by atoms with van der Waals surface area (Å²) in [6.45, 7) is 6.09. The third-order valence-electron chi connectivity index (χ3n) is 6.84. The summed E-state index contributed by atoms with van der Waals surface area (Å²) in [5.41, 5.74) is 0.577. The largest absolute Gasteiger partial charge is 0.573 e. The molecule has 1 aliphatic carbocycles. The molecule has 1 aromatic rings. The Morgan fingerprint density at radius 3 is 2.32 bits per heavy atom. The molecule has 8 nitrogen and oxygen atoms in total. The van der Waals surface area contributed by atoms with Gasteiger partial charge in [0.1, 0.15) is 5.75 Å². The first-order chi connectivity index (χ1) is 17.6. The highest BCUT2D eigenvalue weighted by Gasteiger charge is 2.33. The van der Waals surface area contributed by atoms with Gasteiger partial charge in [0.15, 0.2) is 6.10 Å². The highest BCUT2D eigenvalue weighted by Crippen LogP contribution is 2.29. The normalized spacial score (nSPS) is 18.7. The van der Waals surface area contributed by atoms with E-state index in [0.717, 1.165) is 25.7 Å². The van der Waals surface area contributed by atoms with Crippen molar-refractivity contribution in [1.29, 1.82) is 0 Å². The van der Waals surface area contributed by atoms with Gasteiger partial charge in [0.25, 0.3) is 5.91 Å². The zero-order valence-electron chi connectivity index (χ0n) is 21.5. The van der Waals surface area contributed by atoms with E-state index in [1.165, 1.54) is 30.7 Å². The summed E-state index contributed by atoms with van der Waals surface area (Å²) in [7, 11) is 0. The lowest BCUT2D eigenvalue weighted by Gasteiger charge is -2.33. The molecule has 1 aromatic carbocycles. The molecule has 208 valence electrons. The first-order valence-corrected chi connectivity index (χ1v) is 13.0. The fourth-order valence-corrected chi connectivity index (χ4v) is 4.68. The van der Waals surface area contributed by atoms with E-state index < -0.39 is 18.6 Å². The maximum atomic E-state index is 13.2. The van der Waals surface area contributed by atoms with Crippen molar-refractivity contribution >= 4 is 17.7 Å². The number of nitrogens with zero attached hydrogens (tertiary/aromatic N) is 1. The molecule has 1 aliphatic heterocycles. The highest BCUT2D eigenvalue weighted by atomic mass is 19.4. The van der Waals surface area contributed by atoms with Crippen LogP contribution in [0.5, 0.6) is 5.75 Å². The van der Waals surface area contributed by atoms with Crippen molar-refractivity contribution < 1.29 is 37.0 Å². The number of alkyl carbamates (subject to hydrolysis) is 1. The Balaban J connectivity index is 1.57. The molecule has 2 N–H and O–H groups in total. The van der Waals surface area contributed by atoms with Crippen LogP contribution in [0.2, 0.25) is 0 Å². The fraction of sp³-hybridized carbons (Fsp3) is 0.692. The average Bonchev–Trinajstić information content (AvgIpc) is 2.86. The number of carbonyl (C=O) groups is 2. The lowest BCUT2D eigenvalue weighted by atomic mass is 9.85. The van der Waals surface area contributed by atoms with Gasteiger partial charge in [0, 0.05) is 25.3 Å². The van der Waals surface area contributed by atoms with Crippen molar-refractivity contribution in [2.24, 2.45) is 11.8 Å². The molecule has 0 aromatic heterocycles. The number of halogens is 3. The zero-order chi connectivity index (χ0) is 26.8. The van der Waals surface area contributed by atoms with Crippen LogP contribution in [0.1, 0.15) is 52.4 Å². The van der Waals surface area contributed by atoms with E-state index in [9.17, 15) is 22.8 Å². The minimum absolute atomic E-state index is 0.0274. The molecular weight excluding hydrogens is 491 g/mol. The number of morpholine rings is 1. The van der Waals surface area contributed by atoms with E-state index in [4.69, 9.17) is 9.47 Å². The van der Waals surface area contributed by atoms with Crippen molar-refractivity contribution in [2.75, 3.05) is 38.2 Å². The summed E-state index contributed by atoms with van der Waals surface area (Å²) in [5.74, 6) is -0.110. The smallest absolute Gasteiger partial charge is 0.436 e. The van der Waals surface area contributed by atoms with Gasteiger partial charge in [-0.25, -0.2) is 4.79 Å². The van der Waals surface area contributed by atoms with E-state index in [2.05, 4.69) is 15.4 Å². The molecule has 0 radical (unpaired) electrons. The van der Waals surface area contributed by atoms with Crippen LogP contribution < -0.4 is 15.4 Å². The van der Waals surface area contributed by atoms with Crippen molar-refractivity contribution in [2.45, 2.75) is 70.9 Å². The fourth-order valence-electron chi connectivity index (χ4n) is 4.68. The first kappa shape index (κ1) is 28.9. The molecule has 2 amide bonds. The Hall–Kier alpha value is -2.69. The number of rotatable bonds is 10. The van der Waals surface area contributed by atoms with E-state index in [1.54, 1.807) is 4.90 Å². The first-order valence-electron chi connectivity index (χ1n) is 13.0. The van der Waals surface area contributed by atoms with Gasteiger partial charge in [0.2, 0.25) is 0 Å². The van der Waals surface area contributed by atoms with Crippen LogP contribution in [0.15, 0.2) is 24.3 Å². The van der Waals surface area contributed by atoms with Crippen LogP contribution in [0.3, 0.4) is 0 Å². The van der Waals surface area contributed by atoms with Crippen LogP contribution in [0, 0.1) is 11.8 Å². The molecule has 11 heteroatoms. The zero-order valence-corrected chi connectivity index (χ0v) is 21.5. The third-order valence-corrected chi connectivity index (χ3v) is 6.84. The van der Waals surface area contributed by atoms with Gasteiger partial charge in [-0.3, -0.25) is 4.79 Å². The third kappa shape index (κ3) is 9.94. The summed E-state index contributed by atoms with van der Waals surface area (Å²) in [6.07, 6.45) is -0.229. The van der Waals surface area contributed by atoms with Gasteiger partial charge in [0.05, 0.1) is 19.3 Å². The number of hydrogen-bond donors (Lipinski definition) is 2. The van der Waals surface area contributed by atoms with Gasteiger partial charge >= 0.3 is 12.5 Å². The summed E-state index contributed by atoms with van der Waals surface area (Å²) >= 11 is 0. The Labute approximate surface area is 216 Å². The van der Waals surface area contributed by atoms with E-state index >= 15 is 0 Å². The number of hydrogen-bond acceptors (Lipinski definition) is 6. The second kappa shape index (κ2) is 13.7. The minimum Gasteiger partial charge on any atom is -0.436 e. The van der Waals surface area contributed by atoms with E-state index in [-0.39, 0.29) is 23.6 Å². The maximum Gasteiger partial charge on any atom is 0.573 e. The van der Waals surface area contributed by atoms with Crippen molar-refractivity contribution in [1.82, 2.24) is 10.2 Å². The predicted octanol–water partition coefficient (Wildman–Crippen LogP) is 4.95. The molecule has 0 spiro atoms. The Morgan fingerprint density at radius 2 is 1.73 bits per heavy atom. The summed E-state index contributed by atoms with van der Waals surface area (Å²) in [5, 5.41) is 5.98.